The molecule has 0 bridgehead atoms. The van der Waals surface area contributed by atoms with Crippen molar-refractivity contribution in [1.82, 2.24) is 4.90 Å². The molecule has 0 fully saturated rings. The first-order valence-corrected chi connectivity index (χ1v) is 15.7. The van der Waals surface area contributed by atoms with Crippen LogP contribution in [0.3, 0.4) is 0 Å². The standard InChI is InChI=1S/C24H55NO4Si2/c1-10-15-17-19-26-21(30-28-13-4)23(6,7)25(12-3)24(8,9)22(31-29-14-5)27-20-18-16-11-2/h21-22H,10-20,30-31H2,1-9H3. The van der Waals surface area contributed by atoms with Gasteiger partial charge in [0.2, 0.25) is 0 Å². The summed E-state index contributed by atoms with van der Waals surface area (Å²) in [6.45, 7) is 24.4. The molecule has 2 unspecified atom stereocenters. The van der Waals surface area contributed by atoms with E-state index in [0.717, 1.165) is 45.8 Å². The van der Waals surface area contributed by atoms with E-state index >= 15 is 0 Å². The molecule has 0 radical (unpaired) electrons. The zero-order valence-electron chi connectivity index (χ0n) is 22.4. The zero-order valence-corrected chi connectivity index (χ0v) is 25.3. The minimum Gasteiger partial charge on any atom is -0.422 e. The molecule has 0 heterocycles. The van der Waals surface area contributed by atoms with Crippen molar-refractivity contribution in [3.63, 3.8) is 0 Å². The molecule has 0 saturated carbocycles. The third-order valence-electron chi connectivity index (χ3n) is 6.36. The molecular weight excluding hydrogens is 422 g/mol. The lowest BCUT2D eigenvalue weighted by Crippen LogP contribution is -2.67. The maximum atomic E-state index is 6.50. The maximum absolute atomic E-state index is 6.50. The summed E-state index contributed by atoms with van der Waals surface area (Å²) in [6, 6.07) is 0. The van der Waals surface area contributed by atoms with Gasteiger partial charge in [-0.2, -0.15) is 0 Å². The van der Waals surface area contributed by atoms with E-state index in [-0.39, 0.29) is 22.5 Å². The topological polar surface area (TPSA) is 40.2 Å². The average molecular weight is 478 g/mol. The number of nitrogens with zero attached hydrogens (tertiary/aromatic N) is 1. The van der Waals surface area contributed by atoms with Crippen LogP contribution in [-0.2, 0) is 18.3 Å². The van der Waals surface area contributed by atoms with Gasteiger partial charge < -0.3 is 18.3 Å². The number of rotatable bonds is 21. The van der Waals surface area contributed by atoms with Gasteiger partial charge in [-0.25, -0.2) is 0 Å². The van der Waals surface area contributed by atoms with Gasteiger partial charge in [0.05, 0.1) is 11.5 Å². The molecule has 0 aromatic rings. The Labute approximate surface area is 199 Å². The van der Waals surface area contributed by atoms with Crippen LogP contribution in [0.25, 0.3) is 0 Å². The van der Waals surface area contributed by atoms with Crippen molar-refractivity contribution in [3.05, 3.63) is 0 Å². The summed E-state index contributed by atoms with van der Waals surface area (Å²) in [6.07, 6.45) is 7.13. The highest BCUT2D eigenvalue weighted by molar-refractivity contribution is 6.30. The van der Waals surface area contributed by atoms with E-state index in [1.807, 2.05) is 0 Å². The van der Waals surface area contributed by atoms with E-state index < -0.39 is 19.5 Å². The molecular formula is C24H55NO4Si2. The summed E-state index contributed by atoms with van der Waals surface area (Å²) >= 11 is 0. The smallest absolute Gasteiger partial charge is 0.192 e. The van der Waals surface area contributed by atoms with Crippen molar-refractivity contribution >= 4 is 19.5 Å². The van der Waals surface area contributed by atoms with Crippen LogP contribution < -0.4 is 0 Å². The molecule has 0 N–H and O–H groups in total. The van der Waals surface area contributed by atoms with Crippen LogP contribution in [-0.4, -0.2) is 79.9 Å². The van der Waals surface area contributed by atoms with E-state index in [2.05, 4.69) is 67.2 Å². The molecule has 188 valence electrons. The van der Waals surface area contributed by atoms with Crippen molar-refractivity contribution < 1.29 is 18.3 Å². The first kappa shape index (κ1) is 31.2. The Kier molecular flexibility index (Phi) is 17.8. The molecule has 31 heavy (non-hydrogen) atoms. The van der Waals surface area contributed by atoms with E-state index in [1.165, 1.54) is 25.7 Å². The van der Waals surface area contributed by atoms with Crippen molar-refractivity contribution in [1.29, 1.82) is 0 Å². The Bertz CT molecular complexity index is 388. The van der Waals surface area contributed by atoms with Gasteiger partial charge in [0.1, 0.15) is 0 Å². The fourth-order valence-electron chi connectivity index (χ4n) is 4.42. The lowest BCUT2D eigenvalue weighted by atomic mass is 9.93. The lowest BCUT2D eigenvalue weighted by molar-refractivity contribution is -0.100. The minimum atomic E-state index is -0.811. The molecule has 5 nitrogen and oxygen atoms in total. The van der Waals surface area contributed by atoms with Gasteiger partial charge in [0.15, 0.2) is 19.5 Å². The van der Waals surface area contributed by atoms with E-state index in [4.69, 9.17) is 18.3 Å². The SMILES string of the molecule is CCCCCOC([SiH2]OCC)C(C)(C)N(CC)C(C)(C)C(OCCCCC)[SiH2]OCC. The lowest BCUT2D eigenvalue weighted by Gasteiger charge is -2.53. The first-order chi connectivity index (χ1) is 14.7. The predicted molar refractivity (Wildman–Crippen MR) is 139 cm³/mol. The van der Waals surface area contributed by atoms with Gasteiger partial charge in [-0.1, -0.05) is 46.5 Å². The fraction of sp³-hybridized carbons (Fsp3) is 1.00. The van der Waals surface area contributed by atoms with Gasteiger partial charge in [-0.15, -0.1) is 0 Å². The van der Waals surface area contributed by atoms with E-state index in [9.17, 15) is 0 Å². The van der Waals surface area contributed by atoms with Crippen LogP contribution in [0.2, 0.25) is 0 Å². The summed E-state index contributed by atoms with van der Waals surface area (Å²) < 4.78 is 25.0. The number of hydrogen-bond donors (Lipinski definition) is 0. The molecule has 0 aliphatic heterocycles. The van der Waals surface area contributed by atoms with Gasteiger partial charge >= 0.3 is 0 Å². The van der Waals surface area contributed by atoms with Gasteiger partial charge in [-0.3, -0.25) is 4.90 Å². The van der Waals surface area contributed by atoms with Crippen molar-refractivity contribution in [3.8, 4) is 0 Å². The van der Waals surface area contributed by atoms with Crippen LogP contribution in [0.4, 0.5) is 0 Å². The molecule has 2 atom stereocenters. The largest absolute Gasteiger partial charge is 0.422 e. The van der Waals surface area contributed by atoms with Gasteiger partial charge in [-0.05, 0) is 60.9 Å². The van der Waals surface area contributed by atoms with Crippen LogP contribution in [0.5, 0.6) is 0 Å². The zero-order chi connectivity index (χ0) is 23.8. The molecule has 7 heteroatoms. The summed E-state index contributed by atoms with van der Waals surface area (Å²) in [5, 5.41) is 0. The summed E-state index contributed by atoms with van der Waals surface area (Å²) in [5.41, 5.74) is 0.0470. The van der Waals surface area contributed by atoms with Gasteiger partial charge in [0, 0.05) is 37.5 Å². The minimum absolute atomic E-state index is 0.127. The van der Waals surface area contributed by atoms with Crippen LogP contribution in [0.15, 0.2) is 0 Å². The second kappa shape index (κ2) is 17.7. The summed E-state index contributed by atoms with van der Waals surface area (Å²) in [7, 11) is -1.62. The second-order valence-corrected chi connectivity index (χ2v) is 12.5. The Morgan fingerprint density at radius 3 is 1.32 bits per heavy atom. The molecule has 0 saturated heterocycles. The Balaban J connectivity index is 5.55. The monoisotopic (exact) mass is 477 g/mol. The number of ether oxygens (including phenoxy) is 2. The third-order valence-corrected chi connectivity index (χ3v) is 10.7. The number of hydrogen-bond acceptors (Lipinski definition) is 5. The molecule has 0 rings (SSSR count). The van der Waals surface area contributed by atoms with Crippen molar-refractivity contribution in [2.75, 3.05) is 33.0 Å². The fourth-order valence-corrected chi connectivity index (χ4v) is 7.10. The molecule has 0 aromatic carbocycles. The Hall–Kier alpha value is 0.234. The highest BCUT2D eigenvalue weighted by Crippen LogP contribution is 2.33. The highest BCUT2D eigenvalue weighted by Gasteiger charge is 2.46. The molecule has 0 aliphatic rings. The van der Waals surface area contributed by atoms with Gasteiger partial charge in [0.25, 0.3) is 0 Å². The Morgan fingerprint density at radius 1 is 0.645 bits per heavy atom. The van der Waals surface area contributed by atoms with Crippen LogP contribution in [0, 0.1) is 0 Å². The third kappa shape index (κ3) is 11.3. The average Bonchev–Trinajstić information content (AvgIpc) is 2.72. The van der Waals surface area contributed by atoms with Crippen LogP contribution in [0.1, 0.15) is 101 Å². The summed E-state index contributed by atoms with van der Waals surface area (Å²) in [5.74, 6) is 0. The van der Waals surface area contributed by atoms with E-state index in [0.29, 0.717) is 0 Å². The quantitative estimate of drug-likeness (QED) is 0.183. The molecule has 0 amide bonds. The second-order valence-electron chi connectivity index (χ2n) is 9.50. The summed E-state index contributed by atoms with van der Waals surface area (Å²) in [4.78, 5) is 2.60. The number of likely N-dealkylation sites (N-methyl/N-ethyl adjacent to an activating group) is 1. The Morgan fingerprint density at radius 2 is 1.03 bits per heavy atom. The molecule has 0 aromatic heterocycles. The molecule has 0 aliphatic carbocycles. The molecule has 0 spiro atoms. The normalized spacial score (nSPS) is 15.7. The van der Waals surface area contributed by atoms with Crippen molar-refractivity contribution in [2.24, 2.45) is 0 Å². The van der Waals surface area contributed by atoms with E-state index in [1.54, 1.807) is 0 Å². The predicted octanol–water partition coefficient (Wildman–Crippen LogP) is 4.17. The number of unbranched alkanes of at least 4 members (excludes halogenated alkanes) is 4. The van der Waals surface area contributed by atoms with Crippen molar-refractivity contribution in [2.45, 2.75) is 123 Å². The first-order valence-electron chi connectivity index (χ1n) is 12.9. The maximum Gasteiger partial charge on any atom is 0.192 e. The highest BCUT2D eigenvalue weighted by atomic mass is 28.2. The van der Waals surface area contributed by atoms with Crippen LogP contribution >= 0.6 is 0 Å².